The summed E-state index contributed by atoms with van der Waals surface area (Å²) in [5, 5.41) is 7.99. The lowest BCUT2D eigenvalue weighted by Gasteiger charge is -2.35. The number of hydrogen-bond acceptors (Lipinski definition) is 8. The van der Waals surface area contributed by atoms with E-state index in [0.29, 0.717) is 18.7 Å². The van der Waals surface area contributed by atoms with E-state index in [1.807, 2.05) is 0 Å². The Morgan fingerprint density at radius 1 is 0.864 bits per heavy atom. The molecule has 0 bridgehead atoms. The number of carbonyl (C=O) groups is 2. The van der Waals surface area contributed by atoms with Crippen LogP contribution in [-0.4, -0.2) is 94.1 Å². The number of amides is 3. The highest BCUT2D eigenvalue weighted by Crippen LogP contribution is 2.26. The molecule has 11 nitrogen and oxygen atoms in total. The average Bonchev–Trinajstić information content (AvgIpc) is 3.53. The third-order valence-electron chi connectivity index (χ3n) is 7.40. The summed E-state index contributed by atoms with van der Waals surface area (Å²) in [7, 11) is 0. The summed E-state index contributed by atoms with van der Waals surface area (Å²) in [6, 6.07) is 10.8. The Kier molecular flexibility index (Phi) is 10.6. The second-order valence-electron chi connectivity index (χ2n) is 10.6. The first-order valence-corrected chi connectivity index (χ1v) is 14.9. The molecule has 2 saturated heterocycles. The van der Waals surface area contributed by atoms with Gasteiger partial charge in [-0.3, -0.25) is 15.0 Å². The first-order chi connectivity index (χ1) is 21.3. The minimum Gasteiger partial charge on any atom is -0.436 e. The molecule has 0 unspecified atom stereocenters. The van der Waals surface area contributed by atoms with Gasteiger partial charge in [-0.2, -0.15) is 0 Å². The van der Waals surface area contributed by atoms with Gasteiger partial charge < -0.3 is 25.2 Å². The van der Waals surface area contributed by atoms with Crippen molar-refractivity contribution in [2.24, 2.45) is 0 Å². The number of anilines is 2. The predicted octanol–water partition coefficient (Wildman–Crippen LogP) is 3.85. The zero-order chi connectivity index (χ0) is 30.9. The minimum atomic E-state index is -0.706. The van der Waals surface area contributed by atoms with Crippen LogP contribution in [0.2, 0.25) is 0 Å². The molecule has 3 aromatic rings. The number of ether oxygens (including phenoxy) is 1. The first kappa shape index (κ1) is 31.2. The standard InChI is InChI=1S/C30H34F2N8O3S/c31-22-5-3-21(4-6-22)17-27(41)37-29(44)35-23-7-8-25(24(32)18-23)43-28-19-26(33-20-34-28)36-30(42)40-15-13-39(14-16-40)12-11-38-9-1-2-10-38/h3-8,18-20H,1-2,9-17H2,(H,33,34,36,42)(H2,35,37,41,44). The number of piperazine rings is 1. The van der Waals surface area contributed by atoms with Crippen LogP contribution < -0.4 is 20.7 Å². The minimum absolute atomic E-state index is 0.000206. The Hall–Kier alpha value is -4.27. The fraction of sp³-hybridized carbons (Fsp3) is 0.367. The zero-order valence-electron chi connectivity index (χ0n) is 24.1. The number of nitrogens with one attached hydrogen (secondary N) is 3. The van der Waals surface area contributed by atoms with Gasteiger partial charge >= 0.3 is 6.03 Å². The molecule has 14 heteroatoms. The molecule has 2 aliphatic rings. The smallest absolute Gasteiger partial charge is 0.323 e. The van der Waals surface area contributed by atoms with E-state index in [0.717, 1.165) is 32.2 Å². The topological polar surface area (TPSA) is 115 Å². The molecule has 0 spiro atoms. The van der Waals surface area contributed by atoms with Crippen LogP contribution in [0.25, 0.3) is 0 Å². The van der Waals surface area contributed by atoms with Crippen LogP contribution in [0.4, 0.5) is 25.1 Å². The molecule has 1 aromatic heterocycles. The summed E-state index contributed by atoms with van der Waals surface area (Å²) in [6.07, 6.45) is 3.78. The Balaban J connectivity index is 1.07. The number of benzene rings is 2. The van der Waals surface area contributed by atoms with Gasteiger partial charge in [-0.1, -0.05) is 12.1 Å². The molecule has 0 radical (unpaired) electrons. The number of thiocarbonyl (C=S) groups is 1. The zero-order valence-corrected chi connectivity index (χ0v) is 24.9. The van der Waals surface area contributed by atoms with E-state index >= 15 is 0 Å². The van der Waals surface area contributed by atoms with Crippen molar-refractivity contribution in [1.82, 2.24) is 30.0 Å². The van der Waals surface area contributed by atoms with E-state index in [1.165, 1.54) is 74.7 Å². The van der Waals surface area contributed by atoms with Gasteiger partial charge in [0.15, 0.2) is 16.7 Å². The number of halogens is 2. The van der Waals surface area contributed by atoms with Crippen LogP contribution in [0.5, 0.6) is 11.6 Å². The van der Waals surface area contributed by atoms with E-state index in [-0.39, 0.29) is 40.7 Å². The number of likely N-dealkylation sites (tertiary alicyclic amines) is 1. The molecule has 2 aliphatic heterocycles. The maximum Gasteiger partial charge on any atom is 0.323 e. The number of nitrogens with zero attached hydrogens (tertiary/aromatic N) is 5. The average molecular weight is 625 g/mol. The van der Waals surface area contributed by atoms with Gasteiger partial charge in [-0.05, 0) is 68.0 Å². The Labute approximate surface area is 259 Å². The maximum atomic E-state index is 14.8. The van der Waals surface area contributed by atoms with E-state index in [2.05, 4.69) is 35.7 Å². The summed E-state index contributed by atoms with van der Waals surface area (Å²) >= 11 is 5.15. The molecule has 0 saturated carbocycles. The molecule has 44 heavy (non-hydrogen) atoms. The van der Waals surface area contributed by atoms with Gasteiger partial charge in [-0.25, -0.2) is 23.5 Å². The van der Waals surface area contributed by atoms with E-state index in [4.69, 9.17) is 17.0 Å². The second-order valence-corrected chi connectivity index (χ2v) is 11.0. The summed E-state index contributed by atoms with van der Waals surface area (Å²) in [6.45, 7) is 7.31. The van der Waals surface area contributed by atoms with Crippen LogP contribution in [0.15, 0.2) is 54.9 Å². The van der Waals surface area contributed by atoms with Gasteiger partial charge in [-0.15, -0.1) is 0 Å². The van der Waals surface area contributed by atoms with Crippen LogP contribution in [0.1, 0.15) is 18.4 Å². The number of carbonyl (C=O) groups excluding carboxylic acids is 2. The van der Waals surface area contributed by atoms with Crippen molar-refractivity contribution < 1.29 is 23.1 Å². The van der Waals surface area contributed by atoms with Gasteiger partial charge in [0.25, 0.3) is 0 Å². The van der Waals surface area contributed by atoms with Crippen molar-refractivity contribution >= 4 is 40.8 Å². The third kappa shape index (κ3) is 9.11. The number of urea groups is 1. The number of aromatic nitrogens is 2. The molecule has 5 rings (SSSR count). The highest BCUT2D eigenvalue weighted by Gasteiger charge is 2.22. The van der Waals surface area contributed by atoms with Crippen LogP contribution in [0.3, 0.4) is 0 Å². The van der Waals surface area contributed by atoms with Gasteiger partial charge in [0, 0.05) is 57.1 Å². The Morgan fingerprint density at radius 3 is 2.27 bits per heavy atom. The van der Waals surface area contributed by atoms with Crippen LogP contribution in [-0.2, 0) is 11.2 Å². The van der Waals surface area contributed by atoms with Crippen LogP contribution in [0, 0.1) is 11.6 Å². The fourth-order valence-corrected chi connectivity index (χ4v) is 5.24. The molecule has 3 heterocycles. The molecular formula is C30H34F2N8O3S. The second kappa shape index (κ2) is 14.9. The SMILES string of the molecule is O=C(Cc1ccc(F)cc1)NC(=S)Nc1ccc(Oc2cc(NC(=O)N3CCN(CCN4CCCC4)CC3)ncn2)c(F)c1. The lowest BCUT2D eigenvalue weighted by molar-refractivity contribution is -0.119. The van der Waals surface area contributed by atoms with Crippen molar-refractivity contribution in [2.75, 3.05) is 63.0 Å². The first-order valence-electron chi connectivity index (χ1n) is 14.5. The lowest BCUT2D eigenvalue weighted by Crippen LogP contribution is -2.51. The quantitative estimate of drug-likeness (QED) is 0.306. The van der Waals surface area contributed by atoms with Crippen LogP contribution >= 0.6 is 12.2 Å². The van der Waals surface area contributed by atoms with Crippen molar-refractivity contribution in [3.63, 3.8) is 0 Å². The molecule has 0 atom stereocenters. The number of hydrogen-bond donors (Lipinski definition) is 3. The normalized spacial score (nSPS) is 15.5. The summed E-state index contributed by atoms with van der Waals surface area (Å²) in [4.78, 5) is 39.8. The predicted molar refractivity (Wildman–Crippen MR) is 166 cm³/mol. The van der Waals surface area contributed by atoms with Crippen molar-refractivity contribution in [3.05, 3.63) is 72.1 Å². The summed E-state index contributed by atoms with van der Waals surface area (Å²) in [5.41, 5.74) is 0.904. The Morgan fingerprint density at radius 2 is 1.57 bits per heavy atom. The third-order valence-corrected chi connectivity index (χ3v) is 7.61. The molecule has 232 valence electrons. The van der Waals surface area contributed by atoms with Gasteiger partial charge in [0.1, 0.15) is 18.0 Å². The fourth-order valence-electron chi connectivity index (χ4n) is 5.01. The monoisotopic (exact) mass is 624 g/mol. The molecule has 2 fully saturated rings. The van der Waals surface area contributed by atoms with Gasteiger partial charge in [0.2, 0.25) is 11.8 Å². The van der Waals surface area contributed by atoms with Gasteiger partial charge in [0.05, 0.1) is 6.42 Å². The Bertz CT molecular complexity index is 1460. The summed E-state index contributed by atoms with van der Waals surface area (Å²) in [5.74, 6) is -1.33. The summed E-state index contributed by atoms with van der Waals surface area (Å²) < 4.78 is 33.5. The lowest BCUT2D eigenvalue weighted by atomic mass is 10.1. The number of rotatable bonds is 9. The maximum absolute atomic E-state index is 14.8. The van der Waals surface area contributed by atoms with Crippen molar-refractivity contribution in [1.29, 1.82) is 0 Å². The molecular weight excluding hydrogens is 590 g/mol. The van der Waals surface area contributed by atoms with E-state index in [9.17, 15) is 18.4 Å². The molecule has 2 aromatic carbocycles. The molecule has 3 N–H and O–H groups in total. The van der Waals surface area contributed by atoms with Crippen molar-refractivity contribution in [2.45, 2.75) is 19.3 Å². The van der Waals surface area contributed by atoms with E-state index in [1.54, 1.807) is 4.90 Å². The highest BCUT2D eigenvalue weighted by molar-refractivity contribution is 7.80. The highest BCUT2D eigenvalue weighted by atomic mass is 32.1. The molecule has 0 aliphatic carbocycles. The van der Waals surface area contributed by atoms with E-state index < -0.39 is 17.5 Å². The van der Waals surface area contributed by atoms with Crippen molar-refractivity contribution in [3.8, 4) is 11.6 Å². The largest absolute Gasteiger partial charge is 0.436 e. The molecule has 3 amide bonds.